The molecule has 2 aliphatic heterocycles. The minimum Gasteiger partial charge on any atom is -0.477 e. The van der Waals surface area contributed by atoms with Crippen LogP contribution in [0, 0.1) is 0 Å². The summed E-state index contributed by atoms with van der Waals surface area (Å²) in [6, 6.07) is -0.956. The van der Waals surface area contributed by atoms with Gasteiger partial charge in [0.2, 0.25) is 5.91 Å². The van der Waals surface area contributed by atoms with Gasteiger partial charge in [-0.2, -0.15) is 0 Å². The molecule has 24 heavy (non-hydrogen) atoms. The van der Waals surface area contributed by atoms with Crippen LogP contribution in [-0.2, 0) is 9.59 Å². The summed E-state index contributed by atoms with van der Waals surface area (Å²) in [5, 5.41) is 27.8. The number of aliphatic hydroxyl groups excluding tert-OH is 2. The van der Waals surface area contributed by atoms with Crippen LogP contribution in [-0.4, -0.2) is 93.6 Å². The van der Waals surface area contributed by atoms with E-state index >= 15 is 0 Å². The van der Waals surface area contributed by atoms with Crippen LogP contribution in [0.2, 0.25) is 0 Å². The highest BCUT2D eigenvalue weighted by atomic mass is 32.2. The minimum absolute atomic E-state index is 0.00660. The Balaban J connectivity index is 2.18. The molecule has 0 bridgehead atoms. The van der Waals surface area contributed by atoms with Crippen molar-refractivity contribution in [1.82, 2.24) is 4.90 Å². The molecule has 0 unspecified atom stereocenters. The number of thioether (sulfide) groups is 1. The van der Waals surface area contributed by atoms with Crippen LogP contribution in [0.5, 0.6) is 0 Å². The van der Waals surface area contributed by atoms with Gasteiger partial charge in [0.1, 0.15) is 23.2 Å². The fraction of sp³-hybridized carbons (Fsp3) is 0.600. The number of carboxylic acid groups (broad SMARTS) is 1. The molecule has 0 radical (unpaired) electrons. The van der Waals surface area contributed by atoms with Gasteiger partial charge >= 0.3 is 5.97 Å². The maximum atomic E-state index is 11.9. The molecule has 0 aliphatic carbocycles. The number of rotatable bonds is 7. The van der Waals surface area contributed by atoms with Gasteiger partial charge in [0, 0.05) is 5.75 Å². The Labute approximate surface area is 144 Å². The van der Waals surface area contributed by atoms with Gasteiger partial charge < -0.3 is 25.5 Å². The molecule has 2 atom stereocenters. The molecule has 134 valence electrons. The van der Waals surface area contributed by atoms with E-state index in [2.05, 4.69) is 0 Å². The normalized spacial score (nSPS) is 24.6. The number of nitrogens with two attached hydrogens (primary N) is 1. The zero-order valence-electron chi connectivity index (χ0n) is 13.8. The van der Waals surface area contributed by atoms with Crippen LogP contribution >= 0.6 is 11.8 Å². The SMILES string of the molecule is C[N+](C)(CC=CC1=C(C(=O)O)N2C(=O)[C@@H](N)[C@H]2SC1)C(CO)CO. The fourth-order valence-corrected chi connectivity index (χ4v) is 4.05. The van der Waals surface area contributed by atoms with Crippen LogP contribution in [0.25, 0.3) is 0 Å². The predicted octanol–water partition coefficient (Wildman–Crippen LogP) is -1.45. The number of fused-ring (bicyclic) bond motifs is 1. The predicted molar refractivity (Wildman–Crippen MR) is 89.8 cm³/mol. The third kappa shape index (κ3) is 3.35. The molecule has 0 aromatic heterocycles. The zero-order valence-corrected chi connectivity index (χ0v) is 14.6. The molecule has 1 fully saturated rings. The number of likely N-dealkylation sites (N-methyl/N-ethyl adjacent to an activating group) is 1. The number of allylic oxidation sites excluding steroid dienone is 1. The van der Waals surface area contributed by atoms with Crippen LogP contribution in [0.1, 0.15) is 0 Å². The number of amides is 1. The third-order valence-electron chi connectivity index (χ3n) is 4.55. The van der Waals surface area contributed by atoms with Gasteiger partial charge in [0.05, 0.1) is 33.9 Å². The fourth-order valence-electron chi connectivity index (χ4n) is 2.78. The Morgan fingerprint density at radius 2 is 2.08 bits per heavy atom. The van der Waals surface area contributed by atoms with Crippen molar-refractivity contribution >= 4 is 23.6 Å². The number of carbonyl (C=O) groups excluding carboxylic acids is 1. The number of nitrogens with zero attached hydrogens (tertiary/aromatic N) is 2. The van der Waals surface area contributed by atoms with Crippen molar-refractivity contribution in [3.8, 4) is 0 Å². The van der Waals surface area contributed by atoms with Crippen molar-refractivity contribution in [3.05, 3.63) is 23.4 Å². The molecular formula is C15H24N3O5S+. The quantitative estimate of drug-likeness (QED) is 0.324. The van der Waals surface area contributed by atoms with Crippen LogP contribution in [0.3, 0.4) is 0 Å². The Morgan fingerprint density at radius 3 is 2.62 bits per heavy atom. The highest BCUT2D eigenvalue weighted by Gasteiger charge is 2.51. The van der Waals surface area contributed by atoms with Crippen molar-refractivity contribution in [2.75, 3.05) is 39.6 Å². The second-order valence-corrected chi connectivity index (χ2v) is 7.60. The molecule has 0 aromatic carbocycles. The monoisotopic (exact) mass is 358 g/mol. The largest absolute Gasteiger partial charge is 0.477 e. The molecule has 9 heteroatoms. The highest BCUT2D eigenvalue weighted by Crippen LogP contribution is 2.39. The van der Waals surface area contributed by atoms with E-state index < -0.39 is 12.0 Å². The van der Waals surface area contributed by atoms with E-state index in [-0.39, 0.29) is 36.2 Å². The molecule has 2 aliphatic rings. The number of carbonyl (C=O) groups is 2. The number of hydrogen-bond acceptors (Lipinski definition) is 6. The van der Waals surface area contributed by atoms with E-state index in [0.717, 1.165) is 0 Å². The summed E-state index contributed by atoms with van der Waals surface area (Å²) in [6.45, 7) is 0.222. The van der Waals surface area contributed by atoms with Crippen LogP contribution < -0.4 is 5.73 Å². The van der Waals surface area contributed by atoms with Gasteiger partial charge in [0.15, 0.2) is 0 Å². The first-order valence-corrected chi connectivity index (χ1v) is 8.67. The number of carboxylic acids is 1. The van der Waals surface area contributed by atoms with E-state index in [1.807, 2.05) is 20.2 Å². The van der Waals surface area contributed by atoms with E-state index in [0.29, 0.717) is 22.4 Å². The summed E-state index contributed by atoms with van der Waals surface area (Å²) >= 11 is 1.45. The van der Waals surface area contributed by atoms with Crippen molar-refractivity contribution in [2.24, 2.45) is 5.73 Å². The lowest BCUT2D eigenvalue weighted by Crippen LogP contribution is -2.68. The summed E-state index contributed by atoms with van der Waals surface area (Å²) in [5.41, 5.74) is 6.27. The topological polar surface area (TPSA) is 124 Å². The van der Waals surface area contributed by atoms with E-state index in [1.165, 1.54) is 16.7 Å². The first-order chi connectivity index (χ1) is 11.2. The molecule has 1 saturated heterocycles. The Bertz CT molecular complexity index is 586. The van der Waals surface area contributed by atoms with Crippen molar-refractivity contribution in [3.63, 3.8) is 0 Å². The van der Waals surface area contributed by atoms with Crippen molar-refractivity contribution in [2.45, 2.75) is 17.5 Å². The van der Waals surface area contributed by atoms with Gasteiger partial charge in [-0.05, 0) is 11.6 Å². The average molecular weight is 358 g/mol. The van der Waals surface area contributed by atoms with Gasteiger partial charge in [-0.3, -0.25) is 9.69 Å². The molecule has 0 aromatic rings. The standard InChI is InChI=1S/C15H23N3O5S/c1-18(2,10(6-19)7-20)5-3-4-9-8-24-14-11(16)13(21)17(14)12(9)15(22)23/h3-4,10-11,14,19-20H,5-8,16H2,1-2H3/p+1/t11-,14-/m1/s1. The van der Waals surface area contributed by atoms with E-state index in [1.54, 1.807) is 6.08 Å². The number of β-lactam (4-membered cyclic amide) rings is 1. The molecule has 5 N–H and O–H groups in total. The molecule has 2 rings (SSSR count). The Morgan fingerprint density at radius 1 is 1.46 bits per heavy atom. The molecular weight excluding hydrogens is 334 g/mol. The molecule has 8 nitrogen and oxygen atoms in total. The van der Waals surface area contributed by atoms with E-state index in [9.17, 15) is 24.9 Å². The lowest BCUT2D eigenvalue weighted by Gasteiger charge is -2.47. The zero-order chi connectivity index (χ0) is 18.1. The highest BCUT2D eigenvalue weighted by molar-refractivity contribution is 8.00. The second-order valence-electron chi connectivity index (χ2n) is 6.50. The van der Waals surface area contributed by atoms with Crippen LogP contribution in [0.15, 0.2) is 23.4 Å². The molecule has 2 heterocycles. The van der Waals surface area contributed by atoms with Crippen molar-refractivity contribution < 1.29 is 29.4 Å². The number of quaternary nitrogens is 1. The van der Waals surface area contributed by atoms with Crippen LogP contribution in [0.4, 0.5) is 0 Å². The minimum atomic E-state index is -1.14. The lowest BCUT2D eigenvalue weighted by molar-refractivity contribution is -0.910. The first-order valence-electron chi connectivity index (χ1n) is 7.62. The van der Waals surface area contributed by atoms with Crippen molar-refractivity contribution in [1.29, 1.82) is 0 Å². The second kappa shape index (κ2) is 7.24. The Kier molecular flexibility index (Phi) is 5.71. The molecule has 0 spiro atoms. The lowest BCUT2D eigenvalue weighted by atomic mass is 10.0. The number of aliphatic hydroxyl groups is 2. The molecule has 0 saturated carbocycles. The summed E-state index contributed by atoms with van der Waals surface area (Å²) in [6.07, 6.45) is 3.51. The maximum absolute atomic E-state index is 11.9. The smallest absolute Gasteiger partial charge is 0.352 e. The Hall–Kier alpha value is -1.39. The maximum Gasteiger partial charge on any atom is 0.352 e. The van der Waals surface area contributed by atoms with E-state index in [4.69, 9.17) is 5.73 Å². The summed E-state index contributed by atoms with van der Waals surface area (Å²) in [7, 11) is 3.75. The number of hydrogen-bond donors (Lipinski definition) is 4. The summed E-state index contributed by atoms with van der Waals surface area (Å²) in [5.74, 6) is -1.04. The first kappa shape index (κ1) is 18.9. The number of aliphatic carboxylic acids is 1. The van der Waals surface area contributed by atoms with Gasteiger partial charge in [-0.25, -0.2) is 4.79 Å². The van der Waals surface area contributed by atoms with Gasteiger partial charge in [-0.15, -0.1) is 11.8 Å². The van der Waals surface area contributed by atoms with Gasteiger partial charge in [0.25, 0.3) is 0 Å². The van der Waals surface area contributed by atoms with Gasteiger partial charge in [-0.1, -0.05) is 6.08 Å². The average Bonchev–Trinajstić information content (AvgIpc) is 2.53. The summed E-state index contributed by atoms with van der Waals surface area (Å²) < 4.78 is 0.364. The third-order valence-corrected chi connectivity index (χ3v) is 5.87. The summed E-state index contributed by atoms with van der Waals surface area (Å²) in [4.78, 5) is 24.7. The molecule has 1 amide bonds.